The van der Waals surface area contributed by atoms with Crippen LogP contribution in [0.25, 0.3) is 0 Å². The Morgan fingerprint density at radius 1 is 1.67 bits per heavy atom. The van der Waals surface area contributed by atoms with Gasteiger partial charge < -0.3 is 9.47 Å². The molecule has 4 heteroatoms. The van der Waals surface area contributed by atoms with E-state index in [1.807, 2.05) is 0 Å². The minimum Gasteiger partial charge on any atom is -0.500 e. The average Bonchev–Trinajstić information content (AvgIpc) is 2.10. The number of esters is 1. The van der Waals surface area contributed by atoms with Crippen molar-refractivity contribution >= 4 is 17.6 Å². The predicted molar refractivity (Wildman–Crippen MR) is 47.0 cm³/mol. The van der Waals surface area contributed by atoms with Gasteiger partial charge in [-0.3, -0.25) is 0 Å². The Bertz CT molecular complexity index is 181. The van der Waals surface area contributed by atoms with Crippen LogP contribution in [0.2, 0.25) is 0 Å². The first-order valence-electron chi connectivity index (χ1n) is 3.32. The lowest BCUT2D eigenvalue weighted by Crippen LogP contribution is -2.03. The third-order valence-corrected chi connectivity index (χ3v) is 1.28. The van der Waals surface area contributed by atoms with Crippen molar-refractivity contribution in [3.05, 3.63) is 24.5 Å². The van der Waals surface area contributed by atoms with Gasteiger partial charge in [-0.2, -0.15) is 0 Å². The highest BCUT2D eigenvalue weighted by Crippen LogP contribution is 1.98. The molecule has 0 N–H and O–H groups in total. The minimum absolute atomic E-state index is 0.152. The van der Waals surface area contributed by atoms with E-state index in [0.717, 1.165) is 0 Å². The largest absolute Gasteiger partial charge is 0.500 e. The fraction of sp³-hybridized carbons (Fsp3) is 0.375. The van der Waals surface area contributed by atoms with Crippen LogP contribution in [0.3, 0.4) is 0 Å². The normalized spacial score (nSPS) is 10.7. The van der Waals surface area contributed by atoms with Gasteiger partial charge in [-0.15, -0.1) is 11.6 Å². The lowest BCUT2D eigenvalue weighted by molar-refractivity contribution is -0.136. The predicted octanol–water partition coefficient (Wildman–Crippen LogP) is 1.48. The number of halogens is 1. The second-order valence-electron chi connectivity index (χ2n) is 1.87. The number of carbonyl (C=O) groups excluding carboxylic acids is 1. The van der Waals surface area contributed by atoms with Crippen LogP contribution in [-0.4, -0.2) is 25.6 Å². The van der Waals surface area contributed by atoms with E-state index in [1.54, 1.807) is 0 Å². The van der Waals surface area contributed by atoms with E-state index in [2.05, 4.69) is 11.3 Å². The molecule has 0 unspecified atom stereocenters. The average molecular weight is 191 g/mol. The highest BCUT2D eigenvalue weighted by molar-refractivity contribution is 6.19. The molecule has 0 amide bonds. The van der Waals surface area contributed by atoms with Gasteiger partial charge in [0.25, 0.3) is 0 Å². The van der Waals surface area contributed by atoms with Crippen LogP contribution < -0.4 is 0 Å². The van der Waals surface area contributed by atoms with E-state index in [-0.39, 0.29) is 12.5 Å². The summed E-state index contributed by atoms with van der Waals surface area (Å²) < 4.78 is 9.41. The summed E-state index contributed by atoms with van der Waals surface area (Å²) in [6, 6.07) is 0. The Kier molecular flexibility index (Phi) is 6.19. The van der Waals surface area contributed by atoms with Crippen molar-refractivity contribution < 1.29 is 14.3 Å². The number of rotatable bonds is 5. The lowest BCUT2D eigenvalue weighted by Gasteiger charge is -2.00. The topological polar surface area (TPSA) is 35.5 Å². The molecule has 12 heavy (non-hydrogen) atoms. The SMILES string of the molecule is C=CCOC(=O)/C=C(\CCl)OC. The van der Waals surface area contributed by atoms with Crippen LogP contribution in [0.1, 0.15) is 0 Å². The molecule has 0 aliphatic heterocycles. The van der Waals surface area contributed by atoms with Gasteiger partial charge in [0, 0.05) is 0 Å². The number of carbonyl (C=O) groups is 1. The molecule has 3 nitrogen and oxygen atoms in total. The first-order valence-corrected chi connectivity index (χ1v) is 3.86. The van der Waals surface area contributed by atoms with E-state index >= 15 is 0 Å². The second-order valence-corrected chi connectivity index (χ2v) is 2.13. The van der Waals surface area contributed by atoms with Crippen molar-refractivity contribution in [2.24, 2.45) is 0 Å². The number of methoxy groups -OCH3 is 1. The van der Waals surface area contributed by atoms with Crippen molar-refractivity contribution in [2.45, 2.75) is 0 Å². The molecule has 0 aliphatic rings. The summed E-state index contributed by atoms with van der Waals surface area (Å²) in [6.45, 7) is 3.59. The molecule has 0 spiro atoms. The summed E-state index contributed by atoms with van der Waals surface area (Å²) in [4.78, 5) is 10.8. The van der Waals surface area contributed by atoms with E-state index in [4.69, 9.17) is 16.3 Å². The summed E-state index contributed by atoms with van der Waals surface area (Å²) in [5.41, 5.74) is 0. The molecule has 0 aromatic rings. The Morgan fingerprint density at radius 2 is 2.33 bits per heavy atom. The van der Waals surface area contributed by atoms with Gasteiger partial charge in [-0.05, 0) is 0 Å². The summed E-state index contributed by atoms with van der Waals surface area (Å²) in [5, 5.41) is 0. The summed E-state index contributed by atoms with van der Waals surface area (Å²) in [5.74, 6) is 0.0535. The molecule has 0 aliphatic carbocycles. The maximum atomic E-state index is 10.8. The van der Waals surface area contributed by atoms with Crippen LogP contribution in [-0.2, 0) is 14.3 Å². The maximum Gasteiger partial charge on any atom is 0.334 e. The molecule has 0 fully saturated rings. The van der Waals surface area contributed by atoms with Crippen LogP contribution in [0, 0.1) is 0 Å². The van der Waals surface area contributed by atoms with Gasteiger partial charge in [0.05, 0.1) is 19.1 Å². The molecule has 0 radical (unpaired) electrons. The first kappa shape index (κ1) is 11.0. The third kappa shape index (κ3) is 4.79. The minimum atomic E-state index is -0.479. The lowest BCUT2D eigenvalue weighted by atomic mass is 10.5. The molecular weight excluding hydrogens is 180 g/mol. The molecule has 68 valence electrons. The molecule has 0 heterocycles. The van der Waals surface area contributed by atoms with Crippen molar-refractivity contribution in [3.8, 4) is 0 Å². The molecule has 0 saturated heterocycles. The Labute approximate surface area is 76.6 Å². The highest BCUT2D eigenvalue weighted by atomic mass is 35.5. The Hall–Kier alpha value is -0.960. The Balaban J connectivity index is 3.93. The van der Waals surface area contributed by atoms with Crippen LogP contribution >= 0.6 is 11.6 Å². The van der Waals surface area contributed by atoms with E-state index < -0.39 is 5.97 Å². The molecule has 0 bridgehead atoms. The number of hydrogen-bond donors (Lipinski definition) is 0. The fourth-order valence-corrected chi connectivity index (χ4v) is 0.652. The third-order valence-electron chi connectivity index (χ3n) is 1.02. The number of allylic oxidation sites excluding steroid dienone is 1. The van der Waals surface area contributed by atoms with Gasteiger partial charge in [0.2, 0.25) is 0 Å². The van der Waals surface area contributed by atoms with Gasteiger partial charge in [-0.25, -0.2) is 4.79 Å². The molecular formula is C8H11ClO3. The van der Waals surface area contributed by atoms with Crippen LogP contribution in [0.15, 0.2) is 24.5 Å². The first-order chi connectivity index (χ1) is 5.74. The summed E-state index contributed by atoms with van der Waals surface area (Å²) in [7, 11) is 1.44. The van der Waals surface area contributed by atoms with Crippen molar-refractivity contribution in [1.29, 1.82) is 0 Å². The monoisotopic (exact) mass is 190 g/mol. The molecule has 0 aromatic carbocycles. The molecule has 0 saturated carbocycles. The number of hydrogen-bond acceptors (Lipinski definition) is 3. The Morgan fingerprint density at radius 3 is 2.75 bits per heavy atom. The van der Waals surface area contributed by atoms with Gasteiger partial charge in [0.1, 0.15) is 12.4 Å². The van der Waals surface area contributed by atoms with Gasteiger partial charge in [-0.1, -0.05) is 12.7 Å². The standard InChI is InChI=1S/C8H11ClO3/c1-3-4-12-8(10)5-7(6-9)11-2/h3,5H,1,4,6H2,2H3/b7-5+. The van der Waals surface area contributed by atoms with Crippen LogP contribution in [0.5, 0.6) is 0 Å². The summed E-state index contributed by atoms with van der Waals surface area (Å²) in [6.07, 6.45) is 2.69. The maximum absolute atomic E-state index is 10.8. The van der Waals surface area contributed by atoms with Gasteiger partial charge >= 0.3 is 5.97 Å². The smallest absolute Gasteiger partial charge is 0.334 e. The van der Waals surface area contributed by atoms with E-state index in [9.17, 15) is 4.79 Å². The van der Waals surface area contributed by atoms with Gasteiger partial charge in [0.15, 0.2) is 0 Å². The van der Waals surface area contributed by atoms with Crippen molar-refractivity contribution in [1.82, 2.24) is 0 Å². The highest BCUT2D eigenvalue weighted by Gasteiger charge is 2.00. The number of ether oxygens (including phenoxy) is 2. The van der Waals surface area contributed by atoms with Crippen LogP contribution in [0.4, 0.5) is 0 Å². The zero-order chi connectivity index (χ0) is 9.40. The van der Waals surface area contributed by atoms with Crippen molar-refractivity contribution in [2.75, 3.05) is 19.6 Å². The zero-order valence-electron chi connectivity index (χ0n) is 6.88. The zero-order valence-corrected chi connectivity index (χ0v) is 7.63. The van der Waals surface area contributed by atoms with E-state index in [1.165, 1.54) is 19.3 Å². The summed E-state index contributed by atoms with van der Waals surface area (Å²) >= 11 is 5.42. The molecule has 0 atom stereocenters. The fourth-order valence-electron chi connectivity index (χ4n) is 0.466. The second kappa shape index (κ2) is 6.73. The van der Waals surface area contributed by atoms with Crippen molar-refractivity contribution in [3.63, 3.8) is 0 Å². The molecule has 0 aromatic heterocycles. The van der Waals surface area contributed by atoms with E-state index in [0.29, 0.717) is 5.76 Å². The quantitative estimate of drug-likeness (QED) is 0.217. The molecule has 0 rings (SSSR count). The number of alkyl halides is 1.